The molecule has 1 aromatic heterocycles. The summed E-state index contributed by atoms with van der Waals surface area (Å²) in [6.45, 7) is 0.641. The first-order chi connectivity index (χ1) is 14.7. The van der Waals surface area contributed by atoms with Crippen molar-refractivity contribution in [3.63, 3.8) is 0 Å². The van der Waals surface area contributed by atoms with Crippen LogP contribution in [0.25, 0.3) is 21.9 Å². The Morgan fingerprint density at radius 1 is 1.00 bits per heavy atom. The summed E-state index contributed by atoms with van der Waals surface area (Å²) in [5.74, 6) is 0.492. The Morgan fingerprint density at radius 3 is 2.60 bits per heavy atom. The highest BCUT2D eigenvalue weighted by Crippen LogP contribution is 2.31. The minimum absolute atomic E-state index is 0.104. The number of furan rings is 1. The van der Waals surface area contributed by atoms with Gasteiger partial charge in [0.2, 0.25) is 5.91 Å². The van der Waals surface area contributed by atoms with E-state index in [-0.39, 0.29) is 18.4 Å². The molecular formula is C24H20N2O4. The number of nitrogens with one attached hydrogen (secondary N) is 1. The van der Waals surface area contributed by atoms with Gasteiger partial charge in [0, 0.05) is 35.1 Å². The number of benzene rings is 3. The molecule has 30 heavy (non-hydrogen) atoms. The third-order valence-corrected chi connectivity index (χ3v) is 5.25. The van der Waals surface area contributed by atoms with Gasteiger partial charge in [0.15, 0.2) is 6.61 Å². The molecule has 0 unspecified atom stereocenters. The van der Waals surface area contributed by atoms with Crippen LogP contribution in [-0.4, -0.2) is 25.0 Å². The summed E-state index contributed by atoms with van der Waals surface area (Å²) in [7, 11) is 0. The van der Waals surface area contributed by atoms with E-state index in [2.05, 4.69) is 5.32 Å². The summed E-state index contributed by atoms with van der Waals surface area (Å²) in [4.78, 5) is 25.9. The molecule has 3 aromatic carbocycles. The SMILES string of the molecule is O=C(COc1ccc2oc3ccccc3c2c1)Nc1ccc(N2CCCC2=O)cc1. The molecule has 0 bridgehead atoms. The molecule has 1 fully saturated rings. The second-order valence-electron chi connectivity index (χ2n) is 7.29. The highest BCUT2D eigenvalue weighted by Gasteiger charge is 2.21. The number of nitrogens with zero attached hydrogens (tertiary/aromatic N) is 1. The Morgan fingerprint density at radius 2 is 1.80 bits per heavy atom. The van der Waals surface area contributed by atoms with Crippen LogP contribution >= 0.6 is 0 Å². The van der Waals surface area contributed by atoms with Gasteiger partial charge in [-0.1, -0.05) is 18.2 Å². The normalized spacial score (nSPS) is 13.9. The lowest BCUT2D eigenvalue weighted by molar-refractivity contribution is -0.118. The monoisotopic (exact) mass is 400 g/mol. The zero-order chi connectivity index (χ0) is 20.5. The van der Waals surface area contributed by atoms with Crippen LogP contribution < -0.4 is 15.0 Å². The summed E-state index contributed by atoms with van der Waals surface area (Å²) in [6.07, 6.45) is 1.48. The van der Waals surface area contributed by atoms with Gasteiger partial charge in [-0.2, -0.15) is 0 Å². The highest BCUT2D eigenvalue weighted by molar-refractivity contribution is 6.05. The topological polar surface area (TPSA) is 71.8 Å². The summed E-state index contributed by atoms with van der Waals surface area (Å²) < 4.78 is 11.5. The van der Waals surface area contributed by atoms with E-state index in [1.165, 1.54) is 0 Å². The molecule has 4 aromatic rings. The van der Waals surface area contributed by atoms with Gasteiger partial charge in [-0.05, 0) is 55.0 Å². The van der Waals surface area contributed by atoms with Crippen molar-refractivity contribution in [1.82, 2.24) is 0 Å². The predicted molar refractivity (Wildman–Crippen MR) is 116 cm³/mol. The van der Waals surface area contributed by atoms with Crippen molar-refractivity contribution in [3.8, 4) is 5.75 Å². The van der Waals surface area contributed by atoms with Crippen LogP contribution in [0.1, 0.15) is 12.8 Å². The van der Waals surface area contributed by atoms with E-state index in [1.54, 1.807) is 23.1 Å². The maximum absolute atomic E-state index is 12.3. The average Bonchev–Trinajstić information content (AvgIpc) is 3.36. The number of anilines is 2. The van der Waals surface area contributed by atoms with E-state index < -0.39 is 0 Å². The molecule has 0 spiro atoms. The van der Waals surface area contributed by atoms with Crippen LogP contribution in [0.5, 0.6) is 5.75 Å². The number of hydrogen-bond donors (Lipinski definition) is 1. The molecule has 5 rings (SSSR count). The fourth-order valence-corrected chi connectivity index (χ4v) is 3.79. The lowest BCUT2D eigenvalue weighted by atomic mass is 10.1. The third kappa shape index (κ3) is 3.48. The van der Waals surface area contributed by atoms with Gasteiger partial charge in [0.1, 0.15) is 16.9 Å². The maximum Gasteiger partial charge on any atom is 0.262 e. The van der Waals surface area contributed by atoms with Gasteiger partial charge < -0.3 is 19.4 Å². The molecule has 1 aliphatic rings. The lowest BCUT2D eigenvalue weighted by Crippen LogP contribution is -2.23. The number of fused-ring (bicyclic) bond motifs is 3. The second kappa shape index (κ2) is 7.55. The summed E-state index contributed by atoms with van der Waals surface area (Å²) in [5.41, 5.74) is 3.12. The van der Waals surface area contributed by atoms with Gasteiger partial charge in [-0.3, -0.25) is 9.59 Å². The van der Waals surface area contributed by atoms with E-state index >= 15 is 0 Å². The van der Waals surface area contributed by atoms with Gasteiger partial charge in [-0.25, -0.2) is 0 Å². The molecule has 6 nitrogen and oxygen atoms in total. The number of para-hydroxylation sites is 1. The first-order valence-corrected chi connectivity index (χ1v) is 9.92. The molecule has 1 aliphatic heterocycles. The van der Waals surface area contributed by atoms with Gasteiger partial charge >= 0.3 is 0 Å². The van der Waals surface area contributed by atoms with Crippen LogP contribution in [0.3, 0.4) is 0 Å². The standard InChI is InChI=1S/C24H20N2O4/c27-23(25-16-7-9-17(10-8-16)26-13-3-6-24(26)28)15-29-18-11-12-22-20(14-18)19-4-1-2-5-21(19)30-22/h1-2,4-5,7-12,14H,3,6,13,15H2,(H,25,27). The molecule has 1 saturated heterocycles. The van der Waals surface area contributed by atoms with Crippen molar-refractivity contribution < 1.29 is 18.7 Å². The Bertz CT molecular complexity index is 1240. The van der Waals surface area contributed by atoms with E-state index in [0.717, 1.165) is 40.6 Å². The van der Waals surface area contributed by atoms with Crippen LogP contribution in [0.2, 0.25) is 0 Å². The largest absolute Gasteiger partial charge is 0.484 e. The maximum atomic E-state index is 12.3. The van der Waals surface area contributed by atoms with Crippen LogP contribution in [0.4, 0.5) is 11.4 Å². The van der Waals surface area contributed by atoms with E-state index in [4.69, 9.17) is 9.15 Å². The molecular weight excluding hydrogens is 380 g/mol. The fourth-order valence-electron chi connectivity index (χ4n) is 3.79. The Balaban J connectivity index is 1.23. The third-order valence-electron chi connectivity index (χ3n) is 5.25. The number of ether oxygens (including phenoxy) is 1. The van der Waals surface area contributed by atoms with Crippen LogP contribution in [0, 0.1) is 0 Å². The molecule has 0 atom stereocenters. The van der Waals surface area contributed by atoms with Crippen molar-refractivity contribution in [2.24, 2.45) is 0 Å². The predicted octanol–water partition coefficient (Wildman–Crippen LogP) is 4.73. The molecule has 2 heterocycles. The summed E-state index contributed by atoms with van der Waals surface area (Å²) >= 11 is 0. The minimum Gasteiger partial charge on any atom is -0.484 e. The molecule has 6 heteroatoms. The Labute approximate surface area is 173 Å². The molecule has 0 saturated carbocycles. The highest BCUT2D eigenvalue weighted by atomic mass is 16.5. The first kappa shape index (κ1) is 18.2. The summed E-state index contributed by atoms with van der Waals surface area (Å²) in [5, 5.41) is 4.78. The van der Waals surface area contributed by atoms with Crippen molar-refractivity contribution in [2.75, 3.05) is 23.4 Å². The van der Waals surface area contributed by atoms with Crippen LogP contribution in [-0.2, 0) is 9.59 Å². The average molecular weight is 400 g/mol. The fraction of sp³-hybridized carbons (Fsp3) is 0.167. The summed E-state index contributed by atoms with van der Waals surface area (Å²) in [6, 6.07) is 20.6. The van der Waals surface area contributed by atoms with Crippen molar-refractivity contribution >= 4 is 45.1 Å². The second-order valence-corrected chi connectivity index (χ2v) is 7.29. The van der Waals surface area contributed by atoms with Gasteiger partial charge in [-0.15, -0.1) is 0 Å². The van der Waals surface area contributed by atoms with Crippen molar-refractivity contribution in [2.45, 2.75) is 12.8 Å². The molecule has 1 N–H and O–H groups in total. The van der Waals surface area contributed by atoms with Crippen molar-refractivity contribution in [1.29, 1.82) is 0 Å². The van der Waals surface area contributed by atoms with E-state index in [9.17, 15) is 9.59 Å². The molecule has 150 valence electrons. The number of carbonyl (C=O) groups excluding carboxylic acids is 2. The van der Waals surface area contributed by atoms with Crippen LogP contribution in [0.15, 0.2) is 71.1 Å². The van der Waals surface area contributed by atoms with Gasteiger partial charge in [0.05, 0.1) is 0 Å². The number of hydrogen-bond acceptors (Lipinski definition) is 4. The quantitative estimate of drug-likeness (QED) is 0.526. The van der Waals surface area contributed by atoms with E-state index in [0.29, 0.717) is 17.9 Å². The number of carbonyl (C=O) groups is 2. The minimum atomic E-state index is -0.253. The zero-order valence-corrected chi connectivity index (χ0v) is 16.3. The Hall–Kier alpha value is -3.80. The smallest absolute Gasteiger partial charge is 0.262 e. The number of amides is 2. The van der Waals surface area contributed by atoms with Crippen molar-refractivity contribution in [3.05, 3.63) is 66.7 Å². The Kier molecular flexibility index (Phi) is 4.59. The molecule has 2 amide bonds. The molecule has 0 radical (unpaired) electrons. The number of rotatable bonds is 5. The molecule has 0 aliphatic carbocycles. The van der Waals surface area contributed by atoms with Gasteiger partial charge in [0.25, 0.3) is 5.91 Å². The lowest BCUT2D eigenvalue weighted by Gasteiger charge is -2.16. The zero-order valence-electron chi connectivity index (χ0n) is 16.3. The first-order valence-electron chi connectivity index (χ1n) is 9.92. The van der Waals surface area contributed by atoms with E-state index in [1.807, 2.05) is 48.5 Å².